The van der Waals surface area contributed by atoms with E-state index >= 15 is 0 Å². The molecular weight excluding hydrogens is 402 g/mol. The fraction of sp³-hybridized carbons (Fsp3) is 0.727. The lowest BCUT2D eigenvalue weighted by atomic mass is 9.88. The minimum atomic E-state index is -0.250. The fourth-order valence-corrected chi connectivity index (χ4v) is 6.25. The Hall–Kier alpha value is -1.21. The van der Waals surface area contributed by atoms with Gasteiger partial charge in [-0.15, -0.1) is 11.8 Å². The van der Waals surface area contributed by atoms with Gasteiger partial charge in [-0.3, -0.25) is 4.79 Å². The van der Waals surface area contributed by atoms with Crippen molar-refractivity contribution in [1.82, 2.24) is 9.88 Å². The highest BCUT2D eigenvalue weighted by atomic mass is 32.2. The number of nitrogens with zero attached hydrogens (tertiary/aromatic N) is 2. The molecule has 2 saturated carbocycles. The van der Waals surface area contributed by atoms with Gasteiger partial charge in [0, 0.05) is 12.1 Å². The van der Waals surface area contributed by atoms with Crippen molar-refractivity contribution in [1.29, 1.82) is 0 Å². The Kier molecular flexibility index (Phi) is 11.5. The molecule has 0 atom stereocenters. The Morgan fingerprint density at radius 3 is 2.21 bits per heavy atom. The van der Waals surface area contributed by atoms with E-state index in [1.54, 1.807) is 11.3 Å². The molecule has 1 aromatic rings. The average molecular weight is 440 g/mol. The zero-order valence-electron chi connectivity index (χ0n) is 17.9. The third-order valence-electron chi connectivity index (χ3n) is 5.62. The van der Waals surface area contributed by atoms with Crippen molar-refractivity contribution in [2.75, 3.05) is 11.1 Å². The summed E-state index contributed by atoms with van der Waals surface area (Å²) in [6, 6.07) is 1.42. The zero-order chi connectivity index (χ0) is 20.9. The Labute approximate surface area is 184 Å². The standard InChI is InChI=1S/C21H35N3S2.CH2O2/c1-3-11-19(23-21-22-16-20(26-21)25-4-2)24(17-12-7-5-8-13-17)18-14-9-6-10-15-18;2-1-3/h11,16-18H,3-10,12-15H2,1-2H3,(H,22,23);1H,(H,2,3)/b19-11-;. The number of rotatable bonds is 8. The van der Waals surface area contributed by atoms with Crippen LogP contribution in [0.1, 0.15) is 84.5 Å². The zero-order valence-corrected chi connectivity index (χ0v) is 19.6. The van der Waals surface area contributed by atoms with Crippen molar-refractivity contribution in [3.63, 3.8) is 0 Å². The van der Waals surface area contributed by atoms with Crippen LogP contribution in [0.3, 0.4) is 0 Å². The van der Waals surface area contributed by atoms with Crippen LogP contribution in [0.2, 0.25) is 0 Å². The highest BCUT2D eigenvalue weighted by Crippen LogP contribution is 2.35. The third kappa shape index (κ3) is 7.85. The molecule has 5 nitrogen and oxygen atoms in total. The first-order valence-corrected chi connectivity index (χ1v) is 13.0. The van der Waals surface area contributed by atoms with Gasteiger partial charge >= 0.3 is 0 Å². The first kappa shape index (κ1) is 24.1. The van der Waals surface area contributed by atoms with E-state index in [9.17, 15) is 0 Å². The first-order valence-electron chi connectivity index (χ1n) is 11.1. The number of allylic oxidation sites excluding steroid dienone is 1. The number of hydrogen-bond donors (Lipinski definition) is 2. The van der Waals surface area contributed by atoms with E-state index in [4.69, 9.17) is 9.90 Å². The summed E-state index contributed by atoms with van der Waals surface area (Å²) in [5.41, 5.74) is 0. The first-order chi connectivity index (χ1) is 14.2. The van der Waals surface area contributed by atoms with E-state index in [0.29, 0.717) is 12.1 Å². The van der Waals surface area contributed by atoms with E-state index in [1.165, 1.54) is 74.2 Å². The molecule has 0 amide bonds. The van der Waals surface area contributed by atoms with Gasteiger partial charge in [-0.05, 0) is 43.9 Å². The maximum Gasteiger partial charge on any atom is 0.290 e. The van der Waals surface area contributed by atoms with Crippen LogP contribution in [0.5, 0.6) is 0 Å². The quantitative estimate of drug-likeness (QED) is 0.352. The molecule has 164 valence electrons. The van der Waals surface area contributed by atoms with E-state index in [1.807, 2.05) is 18.0 Å². The summed E-state index contributed by atoms with van der Waals surface area (Å²) >= 11 is 3.68. The summed E-state index contributed by atoms with van der Waals surface area (Å²) in [5.74, 6) is 2.43. The van der Waals surface area contributed by atoms with E-state index < -0.39 is 0 Å². The second-order valence-corrected chi connectivity index (χ2v) is 10.2. The molecule has 0 aromatic carbocycles. The van der Waals surface area contributed by atoms with Crippen molar-refractivity contribution in [3.05, 3.63) is 18.1 Å². The van der Waals surface area contributed by atoms with Crippen LogP contribution in [0.4, 0.5) is 5.13 Å². The van der Waals surface area contributed by atoms with Crippen LogP contribution in [0.15, 0.2) is 22.3 Å². The van der Waals surface area contributed by atoms with Crippen molar-refractivity contribution in [3.8, 4) is 0 Å². The van der Waals surface area contributed by atoms with Crippen molar-refractivity contribution >= 4 is 34.7 Å². The minimum Gasteiger partial charge on any atom is -0.483 e. The lowest BCUT2D eigenvalue weighted by Crippen LogP contribution is -2.46. The second-order valence-electron chi connectivity index (χ2n) is 7.64. The Morgan fingerprint density at radius 1 is 1.17 bits per heavy atom. The molecule has 0 bridgehead atoms. The number of anilines is 1. The van der Waals surface area contributed by atoms with E-state index in [0.717, 1.165) is 17.3 Å². The molecule has 7 heteroatoms. The number of carbonyl (C=O) groups is 1. The SMILES string of the molecule is CC/C=C(/Nc1ncc(SCC)s1)N(C1CCCCC1)C1CCCCC1.O=CO. The topological polar surface area (TPSA) is 65.5 Å². The van der Waals surface area contributed by atoms with Crippen LogP contribution in [-0.2, 0) is 4.79 Å². The minimum absolute atomic E-state index is 0.250. The number of hydrogen-bond acceptors (Lipinski definition) is 6. The third-order valence-corrected chi connectivity index (χ3v) is 7.61. The van der Waals surface area contributed by atoms with Crippen LogP contribution in [0.25, 0.3) is 0 Å². The fourth-order valence-electron chi connectivity index (χ4n) is 4.46. The largest absolute Gasteiger partial charge is 0.483 e. The predicted molar refractivity (Wildman–Crippen MR) is 125 cm³/mol. The Bertz CT molecular complexity index is 591. The Morgan fingerprint density at radius 2 is 1.72 bits per heavy atom. The average Bonchev–Trinajstić information content (AvgIpc) is 3.18. The molecule has 0 saturated heterocycles. The van der Waals surface area contributed by atoms with Gasteiger partial charge in [-0.1, -0.05) is 63.7 Å². The van der Waals surface area contributed by atoms with Gasteiger partial charge in [0.25, 0.3) is 6.47 Å². The Balaban J connectivity index is 0.000000941. The number of thioether (sulfide) groups is 1. The number of aromatic nitrogens is 1. The van der Waals surface area contributed by atoms with Gasteiger partial charge in [-0.25, -0.2) is 4.98 Å². The van der Waals surface area contributed by atoms with Gasteiger partial charge in [0.2, 0.25) is 0 Å². The van der Waals surface area contributed by atoms with Gasteiger partial charge in [0.05, 0.1) is 10.4 Å². The van der Waals surface area contributed by atoms with Crippen molar-refractivity contribution < 1.29 is 9.90 Å². The predicted octanol–water partition coefficient (Wildman–Crippen LogP) is 6.59. The second kappa shape index (κ2) is 13.9. The summed E-state index contributed by atoms with van der Waals surface area (Å²) in [4.78, 5) is 15.8. The highest BCUT2D eigenvalue weighted by molar-refractivity contribution is 8.01. The molecule has 2 N–H and O–H groups in total. The number of nitrogens with one attached hydrogen (secondary N) is 1. The van der Waals surface area contributed by atoms with Crippen LogP contribution < -0.4 is 5.32 Å². The van der Waals surface area contributed by atoms with Crippen LogP contribution >= 0.6 is 23.1 Å². The smallest absolute Gasteiger partial charge is 0.290 e. The highest BCUT2D eigenvalue weighted by Gasteiger charge is 2.30. The van der Waals surface area contributed by atoms with Crippen molar-refractivity contribution in [2.45, 2.75) is 101 Å². The van der Waals surface area contributed by atoms with Crippen LogP contribution in [0, 0.1) is 0 Å². The molecule has 1 heterocycles. The van der Waals surface area contributed by atoms with Gasteiger partial charge in [0.1, 0.15) is 5.82 Å². The molecule has 3 rings (SSSR count). The van der Waals surface area contributed by atoms with Gasteiger partial charge in [-0.2, -0.15) is 0 Å². The molecule has 2 aliphatic rings. The van der Waals surface area contributed by atoms with Crippen molar-refractivity contribution in [2.24, 2.45) is 0 Å². The summed E-state index contributed by atoms with van der Waals surface area (Å²) < 4.78 is 1.31. The van der Waals surface area contributed by atoms with E-state index in [-0.39, 0.29) is 6.47 Å². The number of thiazole rings is 1. The van der Waals surface area contributed by atoms with E-state index in [2.05, 4.69) is 35.1 Å². The number of carboxylic acid groups (broad SMARTS) is 1. The summed E-state index contributed by atoms with van der Waals surface area (Å²) in [6.45, 7) is 4.20. The van der Waals surface area contributed by atoms with Gasteiger partial charge < -0.3 is 15.3 Å². The molecule has 0 radical (unpaired) electrons. The lowest BCUT2D eigenvalue weighted by molar-refractivity contribution is -0.122. The van der Waals surface area contributed by atoms with Crippen LogP contribution in [-0.4, -0.2) is 39.3 Å². The molecule has 29 heavy (non-hydrogen) atoms. The molecular formula is C22H37N3O2S2. The maximum absolute atomic E-state index is 8.36. The van der Waals surface area contributed by atoms with Gasteiger partial charge in [0.15, 0.2) is 5.13 Å². The lowest BCUT2D eigenvalue weighted by Gasteiger charge is -2.44. The molecule has 0 spiro atoms. The molecule has 0 aliphatic heterocycles. The maximum atomic E-state index is 8.36. The summed E-state index contributed by atoms with van der Waals surface area (Å²) in [5, 5.41) is 11.7. The molecule has 0 unspecified atom stereocenters. The summed E-state index contributed by atoms with van der Waals surface area (Å²) in [6.07, 6.45) is 19.3. The molecule has 2 aliphatic carbocycles. The molecule has 2 fully saturated rings. The molecule has 1 aromatic heterocycles. The normalized spacial score (nSPS) is 18.6. The summed E-state index contributed by atoms with van der Waals surface area (Å²) in [7, 11) is 0. The monoisotopic (exact) mass is 439 g/mol.